The molecule has 0 aromatic heterocycles. The van der Waals surface area contributed by atoms with E-state index in [0.29, 0.717) is 0 Å². The first kappa shape index (κ1) is 24.8. The Kier molecular flexibility index (Phi) is 10.1. The molecule has 0 saturated carbocycles. The van der Waals surface area contributed by atoms with Crippen LogP contribution in [0.3, 0.4) is 0 Å². The van der Waals surface area contributed by atoms with Crippen molar-refractivity contribution in [1.82, 2.24) is 0 Å². The molecule has 0 spiro atoms. The van der Waals surface area contributed by atoms with Gasteiger partial charge in [0, 0.05) is 0 Å². The summed E-state index contributed by atoms with van der Waals surface area (Å²) >= 11 is -1.67. The standard InChI is InChI=1S/C11H16O2.C6H7.C2H7Si.2ClH.Ti/c1-11(2,3)8-5-9(12)7-10(6-8)13-4;1-6-4-2-3-5-6;1-3-2;;;/h5-7,12H,1-4H3;2,4H,3H2,1H3;3H,1-2H3;2*1H;/q;;;;;+1/p-1. The summed E-state index contributed by atoms with van der Waals surface area (Å²) in [5, 5.41) is 0. The van der Waals surface area contributed by atoms with Crippen molar-refractivity contribution in [1.29, 1.82) is 0 Å². The minimum Gasteiger partial charge on any atom is -0.147 e. The minimum atomic E-state index is -1.67. The zero-order chi connectivity index (χ0) is 17.2. The first-order valence-electron chi connectivity index (χ1n) is 8.33. The Morgan fingerprint density at radius 2 is 1.64 bits per heavy atom. The van der Waals surface area contributed by atoms with Crippen LogP contribution in [0.2, 0.25) is 13.1 Å². The number of rotatable bonds is 5. The fraction of sp³-hybridized carbons (Fsp3) is 0.474. The average Bonchev–Trinajstić information content (AvgIpc) is 2.89. The second kappa shape index (κ2) is 10.2. The van der Waals surface area contributed by atoms with Crippen molar-refractivity contribution >= 4 is 31.5 Å². The summed E-state index contributed by atoms with van der Waals surface area (Å²) in [6, 6.07) is 6.39. The molecular weight excluding hydrogens is 407 g/mol. The van der Waals surface area contributed by atoms with Crippen molar-refractivity contribution in [3.63, 3.8) is 0 Å². The molecule has 0 unspecified atom stereocenters. The monoisotopic (exact) mass is 437 g/mol. The van der Waals surface area contributed by atoms with Crippen LogP contribution in [-0.4, -0.2) is 13.8 Å². The normalized spacial score (nSPS) is 13.4. The van der Waals surface area contributed by atoms with Gasteiger partial charge in [0.15, 0.2) is 0 Å². The third-order valence-electron chi connectivity index (χ3n) is 4.20. The van der Waals surface area contributed by atoms with Crippen LogP contribution in [0.25, 0.3) is 0 Å². The average molecular weight is 438 g/mol. The summed E-state index contributed by atoms with van der Waals surface area (Å²) in [6.07, 6.45) is 5.64. The molecule has 141 valence electrons. The summed E-state index contributed by atoms with van der Waals surface area (Å²) in [4.78, 5) is 0. The number of benzene rings is 1. The van der Waals surface area contributed by atoms with Crippen LogP contribution in [0, 0.1) is 0 Å². The maximum atomic E-state index is 6.66. The van der Waals surface area contributed by atoms with Crippen LogP contribution in [0.5, 0.6) is 11.5 Å². The van der Waals surface area contributed by atoms with Crippen LogP contribution in [0.1, 0.15) is 39.7 Å². The van der Waals surface area contributed by atoms with Gasteiger partial charge in [0.1, 0.15) is 0 Å². The van der Waals surface area contributed by atoms with E-state index < -0.39 is 24.2 Å². The molecule has 1 aromatic carbocycles. The van der Waals surface area contributed by atoms with Crippen molar-refractivity contribution in [3.8, 4) is 11.5 Å². The summed E-state index contributed by atoms with van der Waals surface area (Å²) in [5.41, 5.74) is 2.80. The van der Waals surface area contributed by atoms with Crippen LogP contribution in [-0.2, 0) is 22.9 Å². The molecule has 1 aromatic rings. The van der Waals surface area contributed by atoms with Crippen molar-refractivity contribution in [2.75, 3.05) is 7.11 Å². The van der Waals surface area contributed by atoms with Crippen molar-refractivity contribution in [2.24, 2.45) is 0 Å². The fourth-order valence-electron chi connectivity index (χ4n) is 2.75. The van der Waals surface area contributed by atoms with Crippen LogP contribution in [0.4, 0.5) is 0 Å². The summed E-state index contributed by atoms with van der Waals surface area (Å²) < 4.78 is 13.8. The number of ether oxygens (including phenoxy) is 1. The molecule has 0 saturated heterocycles. The zero-order valence-electron chi connectivity index (χ0n) is 16.3. The molecule has 0 fully saturated rings. The molecule has 2 nitrogen and oxygen atoms in total. The molecule has 25 heavy (non-hydrogen) atoms. The molecule has 1 aliphatic carbocycles. The van der Waals surface area contributed by atoms with E-state index in [1.54, 1.807) is 11.0 Å². The predicted octanol–water partition coefficient (Wildman–Crippen LogP) is 5.97. The van der Waals surface area contributed by atoms with Crippen molar-refractivity contribution in [2.45, 2.75) is 52.6 Å². The quantitative estimate of drug-likeness (QED) is 0.528. The number of hydrogen-bond donors (Lipinski definition) is 0. The van der Waals surface area contributed by atoms with E-state index in [9.17, 15) is 0 Å². The Hall–Kier alpha value is -0.189. The van der Waals surface area contributed by atoms with Gasteiger partial charge in [-0.1, -0.05) is 0 Å². The molecule has 0 amide bonds. The topological polar surface area (TPSA) is 18.5 Å². The molecule has 6 heteroatoms. The first-order valence-corrected chi connectivity index (χ1v) is 15.3. The smallest absolute Gasteiger partial charge is 0.147 e. The Bertz CT molecular complexity index is 637. The minimum absolute atomic E-state index is 0. The molecule has 0 N–H and O–H groups in total. The van der Waals surface area contributed by atoms with E-state index in [4.69, 9.17) is 8.06 Å². The van der Waals surface area contributed by atoms with Gasteiger partial charge in [0.25, 0.3) is 0 Å². The molecular formula is C19H31Cl2O2SiTi. The van der Waals surface area contributed by atoms with E-state index in [0.717, 1.165) is 17.9 Å². The number of methoxy groups -OCH3 is 1. The van der Waals surface area contributed by atoms with Gasteiger partial charge in [-0.2, -0.15) is 0 Å². The van der Waals surface area contributed by atoms with Crippen LogP contribution < -0.4 is 8.06 Å². The van der Waals surface area contributed by atoms with Crippen molar-refractivity contribution < 1.29 is 25.6 Å². The molecule has 0 atom stereocenters. The van der Waals surface area contributed by atoms with Gasteiger partial charge in [-0.3, -0.25) is 0 Å². The Morgan fingerprint density at radius 1 is 1.04 bits per heavy atom. The Labute approximate surface area is 173 Å². The predicted molar refractivity (Wildman–Crippen MR) is 112 cm³/mol. The largest absolute Gasteiger partial charge is 0.147 e. The second-order valence-electron chi connectivity index (χ2n) is 7.54. The van der Waals surface area contributed by atoms with E-state index in [-0.39, 0.29) is 30.2 Å². The summed E-state index contributed by atoms with van der Waals surface area (Å²) in [7, 11) is 1.73. The third kappa shape index (κ3) is 6.48. The zero-order valence-corrected chi connectivity index (χ0v) is 20.7. The van der Waals surface area contributed by atoms with Gasteiger partial charge in [0.2, 0.25) is 0 Å². The molecule has 0 aliphatic heterocycles. The second-order valence-corrected chi connectivity index (χ2v) is 19.8. The Balaban J connectivity index is 0.00000288. The van der Waals surface area contributed by atoms with E-state index in [2.05, 4.69) is 71.1 Å². The van der Waals surface area contributed by atoms with E-state index >= 15 is 0 Å². The first-order chi connectivity index (χ1) is 10.7. The molecule has 0 radical (unpaired) electrons. The van der Waals surface area contributed by atoms with Gasteiger partial charge in [-0.05, 0) is 0 Å². The third-order valence-corrected chi connectivity index (χ3v) is 14.7. The number of halogens is 2. The van der Waals surface area contributed by atoms with Crippen LogP contribution in [0.15, 0.2) is 39.8 Å². The maximum Gasteiger partial charge on any atom is -0.147 e. The van der Waals surface area contributed by atoms with Gasteiger partial charge in [-0.25, -0.2) is 0 Å². The van der Waals surface area contributed by atoms with Crippen molar-refractivity contribution in [3.05, 3.63) is 45.4 Å². The van der Waals surface area contributed by atoms with Gasteiger partial charge in [0.05, 0.1) is 0 Å². The molecule has 0 bridgehead atoms. The van der Waals surface area contributed by atoms with E-state index in [1.165, 1.54) is 11.1 Å². The van der Waals surface area contributed by atoms with Gasteiger partial charge < -0.3 is 0 Å². The molecule has 1 aliphatic rings. The SMILES string of the molecule is COc1cc([O][Ti]([C]2=C(C)C=CC2)[SiH](C)C)cc(C(C)(C)C)c1.Cl.Cl. The molecule has 2 rings (SSSR count). The Morgan fingerprint density at radius 3 is 2.08 bits per heavy atom. The van der Waals surface area contributed by atoms with Gasteiger partial charge in [-0.15, -0.1) is 24.8 Å². The maximum absolute atomic E-state index is 6.66. The number of hydrogen-bond acceptors (Lipinski definition) is 2. The number of allylic oxidation sites excluding steroid dienone is 4. The molecule has 0 heterocycles. The van der Waals surface area contributed by atoms with E-state index in [1.807, 2.05) is 0 Å². The van der Waals surface area contributed by atoms with Crippen LogP contribution >= 0.6 is 24.8 Å². The van der Waals surface area contributed by atoms with Gasteiger partial charge >= 0.3 is 149 Å². The summed E-state index contributed by atoms with van der Waals surface area (Å²) in [6.45, 7) is 13.0. The summed E-state index contributed by atoms with van der Waals surface area (Å²) in [5.74, 6) is 1.89. The fourth-order valence-corrected chi connectivity index (χ4v) is 12.0.